The Bertz CT molecular complexity index is 511. The van der Waals surface area contributed by atoms with Crippen LogP contribution < -0.4 is 9.47 Å². The predicted molar refractivity (Wildman–Crippen MR) is 77.3 cm³/mol. The molecule has 1 aromatic rings. The maximum Gasteiger partial charge on any atom is 0.330 e. The highest BCUT2D eigenvalue weighted by Gasteiger charge is 2.09. The molecule has 0 aliphatic rings. The van der Waals surface area contributed by atoms with Crippen molar-refractivity contribution in [2.24, 2.45) is 0 Å². The van der Waals surface area contributed by atoms with E-state index in [2.05, 4.69) is 15.9 Å². The van der Waals surface area contributed by atoms with Crippen LogP contribution in [0.4, 0.5) is 0 Å². The van der Waals surface area contributed by atoms with E-state index in [0.29, 0.717) is 34.4 Å². The standard InChI is InChI=1S/C14H15BrO5/c1-3-19-14(17)5-4-6-20-12-8-11(15)13(18-2)7-10(12)9-16/h4-5,7-9H,3,6H2,1-2H3. The SMILES string of the molecule is CCOC(=O)C=CCOc1cc(Br)c(OC)cc1C=O. The number of aldehydes is 1. The van der Waals surface area contributed by atoms with Crippen LogP contribution in [0.2, 0.25) is 0 Å². The topological polar surface area (TPSA) is 61.8 Å². The van der Waals surface area contributed by atoms with Crippen LogP contribution in [-0.2, 0) is 9.53 Å². The second kappa shape index (κ2) is 8.37. The fraction of sp³-hybridized carbons (Fsp3) is 0.286. The lowest BCUT2D eigenvalue weighted by atomic mass is 10.2. The van der Waals surface area contributed by atoms with E-state index in [1.807, 2.05) is 0 Å². The van der Waals surface area contributed by atoms with Gasteiger partial charge in [0.1, 0.15) is 18.1 Å². The molecule has 6 heteroatoms. The molecule has 0 N–H and O–H groups in total. The minimum atomic E-state index is -0.428. The number of methoxy groups -OCH3 is 1. The maximum atomic E-state index is 11.1. The first-order chi connectivity index (χ1) is 9.62. The molecular formula is C14H15BrO5. The van der Waals surface area contributed by atoms with Gasteiger partial charge < -0.3 is 14.2 Å². The smallest absolute Gasteiger partial charge is 0.330 e. The van der Waals surface area contributed by atoms with Crippen molar-refractivity contribution in [3.8, 4) is 11.5 Å². The van der Waals surface area contributed by atoms with Crippen LogP contribution in [0.5, 0.6) is 11.5 Å². The molecule has 0 amide bonds. The van der Waals surface area contributed by atoms with Gasteiger partial charge in [-0.1, -0.05) is 0 Å². The molecule has 0 radical (unpaired) electrons. The highest BCUT2D eigenvalue weighted by molar-refractivity contribution is 9.10. The summed E-state index contributed by atoms with van der Waals surface area (Å²) in [6.45, 7) is 2.21. The molecule has 0 bridgehead atoms. The van der Waals surface area contributed by atoms with E-state index < -0.39 is 5.97 Å². The maximum absolute atomic E-state index is 11.1. The lowest BCUT2D eigenvalue weighted by Gasteiger charge is -2.10. The summed E-state index contributed by atoms with van der Waals surface area (Å²) in [5.41, 5.74) is 0.370. The molecular weight excluding hydrogens is 328 g/mol. The summed E-state index contributed by atoms with van der Waals surface area (Å²) in [7, 11) is 1.51. The Balaban J connectivity index is 2.70. The number of carbonyl (C=O) groups is 2. The zero-order valence-electron chi connectivity index (χ0n) is 11.2. The van der Waals surface area contributed by atoms with Crippen molar-refractivity contribution in [3.05, 3.63) is 34.3 Å². The first kappa shape index (κ1) is 16.2. The Kier molecular flexibility index (Phi) is 6.79. The van der Waals surface area contributed by atoms with Gasteiger partial charge in [0.2, 0.25) is 0 Å². The van der Waals surface area contributed by atoms with E-state index >= 15 is 0 Å². The molecule has 0 spiro atoms. The van der Waals surface area contributed by atoms with Gasteiger partial charge in [0.05, 0.1) is 23.8 Å². The van der Waals surface area contributed by atoms with Crippen LogP contribution in [0.3, 0.4) is 0 Å². The van der Waals surface area contributed by atoms with Crippen LogP contribution in [0.25, 0.3) is 0 Å². The molecule has 0 aliphatic carbocycles. The largest absolute Gasteiger partial charge is 0.496 e. The summed E-state index contributed by atoms with van der Waals surface area (Å²) in [5.74, 6) is 0.519. The molecule has 0 heterocycles. The molecule has 0 fully saturated rings. The third-order valence-corrected chi connectivity index (χ3v) is 2.91. The quantitative estimate of drug-likeness (QED) is 0.433. The van der Waals surface area contributed by atoms with E-state index in [9.17, 15) is 9.59 Å². The summed E-state index contributed by atoms with van der Waals surface area (Å²) in [4.78, 5) is 22.1. The number of ether oxygens (including phenoxy) is 3. The highest BCUT2D eigenvalue weighted by atomic mass is 79.9. The van der Waals surface area contributed by atoms with Crippen molar-refractivity contribution in [3.63, 3.8) is 0 Å². The van der Waals surface area contributed by atoms with Gasteiger partial charge in [-0.2, -0.15) is 0 Å². The molecule has 0 unspecified atom stereocenters. The zero-order chi connectivity index (χ0) is 15.0. The van der Waals surface area contributed by atoms with Gasteiger partial charge in [0.15, 0.2) is 6.29 Å². The molecule has 108 valence electrons. The average molecular weight is 343 g/mol. The van der Waals surface area contributed by atoms with Crippen LogP contribution in [0.15, 0.2) is 28.8 Å². The minimum Gasteiger partial charge on any atom is -0.496 e. The molecule has 1 rings (SSSR count). The summed E-state index contributed by atoms with van der Waals surface area (Å²) < 4.78 is 15.9. The van der Waals surface area contributed by atoms with Crippen molar-refractivity contribution in [2.45, 2.75) is 6.92 Å². The molecule has 0 aromatic heterocycles. The molecule has 0 saturated carbocycles. The van der Waals surface area contributed by atoms with Gasteiger partial charge in [-0.05, 0) is 41.1 Å². The van der Waals surface area contributed by atoms with E-state index in [4.69, 9.17) is 14.2 Å². The van der Waals surface area contributed by atoms with Gasteiger partial charge in [-0.15, -0.1) is 0 Å². The van der Waals surface area contributed by atoms with Gasteiger partial charge in [0.25, 0.3) is 0 Å². The Morgan fingerprint density at radius 1 is 1.35 bits per heavy atom. The fourth-order valence-corrected chi connectivity index (χ4v) is 1.88. The highest BCUT2D eigenvalue weighted by Crippen LogP contribution is 2.31. The van der Waals surface area contributed by atoms with E-state index in [-0.39, 0.29) is 6.61 Å². The van der Waals surface area contributed by atoms with E-state index in [0.717, 1.165) is 0 Å². The molecule has 20 heavy (non-hydrogen) atoms. The van der Waals surface area contributed by atoms with Crippen LogP contribution >= 0.6 is 15.9 Å². The van der Waals surface area contributed by atoms with E-state index in [1.54, 1.807) is 19.1 Å². The number of halogens is 1. The fourth-order valence-electron chi connectivity index (χ4n) is 1.40. The predicted octanol–water partition coefficient (Wildman–Crippen LogP) is 2.77. The Morgan fingerprint density at radius 2 is 2.10 bits per heavy atom. The molecule has 1 aromatic carbocycles. The average Bonchev–Trinajstić information content (AvgIpc) is 2.44. The van der Waals surface area contributed by atoms with E-state index in [1.165, 1.54) is 19.3 Å². The lowest BCUT2D eigenvalue weighted by Crippen LogP contribution is -2.02. The third kappa shape index (κ3) is 4.70. The van der Waals surface area contributed by atoms with Crippen molar-refractivity contribution < 1.29 is 23.8 Å². The molecule has 5 nitrogen and oxygen atoms in total. The lowest BCUT2D eigenvalue weighted by molar-refractivity contribution is -0.137. The monoisotopic (exact) mass is 342 g/mol. The molecule has 0 atom stereocenters. The summed E-state index contributed by atoms with van der Waals surface area (Å²) in [6.07, 6.45) is 3.48. The number of rotatable bonds is 7. The van der Waals surface area contributed by atoms with Gasteiger partial charge >= 0.3 is 5.97 Å². The Hall–Kier alpha value is -1.82. The van der Waals surface area contributed by atoms with Gasteiger partial charge in [0, 0.05) is 6.08 Å². The van der Waals surface area contributed by atoms with Crippen LogP contribution in [0.1, 0.15) is 17.3 Å². The number of benzene rings is 1. The second-order valence-corrected chi connectivity index (χ2v) is 4.46. The van der Waals surface area contributed by atoms with Gasteiger partial charge in [-0.3, -0.25) is 4.79 Å². The van der Waals surface area contributed by atoms with Crippen molar-refractivity contribution in [2.75, 3.05) is 20.3 Å². The van der Waals surface area contributed by atoms with Gasteiger partial charge in [-0.25, -0.2) is 4.79 Å². The van der Waals surface area contributed by atoms with Crippen molar-refractivity contribution in [1.82, 2.24) is 0 Å². The van der Waals surface area contributed by atoms with Crippen LogP contribution in [-0.4, -0.2) is 32.6 Å². The number of carbonyl (C=O) groups excluding carboxylic acids is 2. The number of hydrogen-bond donors (Lipinski definition) is 0. The Morgan fingerprint density at radius 3 is 2.70 bits per heavy atom. The second-order valence-electron chi connectivity index (χ2n) is 3.61. The Labute approximate surface area is 125 Å². The number of esters is 1. The normalized spacial score (nSPS) is 10.3. The molecule has 0 aliphatic heterocycles. The molecule has 0 saturated heterocycles. The van der Waals surface area contributed by atoms with Crippen molar-refractivity contribution >= 4 is 28.2 Å². The third-order valence-electron chi connectivity index (χ3n) is 2.29. The number of hydrogen-bond acceptors (Lipinski definition) is 5. The van der Waals surface area contributed by atoms with Crippen molar-refractivity contribution in [1.29, 1.82) is 0 Å². The summed E-state index contributed by atoms with van der Waals surface area (Å²) >= 11 is 3.31. The van der Waals surface area contributed by atoms with Crippen LogP contribution in [0, 0.1) is 0 Å². The summed E-state index contributed by atoms with van der Waals surface area (Å²) in [6, 6.07) is 3.21. The summed E-state index contributed by atoms with van der Waals surface area (Å²) in [5, 5.41) is 0. The first-order valence-electron chi connectivity index (χ1n) is 5.91. The zero-order valence-corrected chi connectivity index (χ0v) is 12.8. The minimum absolute atomic E-state index is 0.151. The first-order valence-corrected chi connectivity index (χ1v) is 6.70.